The van der Waals surface area contributed by atoms with Crippen LogP contribution in [0.3, 0.4) is 0 Å². The molecule has 1 amide bonds. The average Bonchev–Trinajstić information content (AvgIpc) is 2.85. The second kappa shape index (κ2) is 5.38. The fourth-order valence-electron chi connectivity index (χ4n) is 2.02. The second-order valence-electron chi connectivity index (χ2n) is 4.46. The molecule has 0 aliphatic carbocycles. The first kappa shape index (κ1) is 13.9. The van der Waals surface area contributed by atoms with E-state index in [-0.39, 0.29) is 5.91 Å². The van der Waals surface area contributed by atoms with E-state index in [1.807, 2.05) is 6.07 Å². The van der Waals surface area contributed by atoms with Gasteiger partial charge in [-0.3, -0.25) is 4.79 Å². The van der Waals surface area contributed by atoms with Gasteiger partial charge in [0.1, 0.15) is 5.15 Å². The molecule has 106 valence electrons. The number of hydrogen-bond donors (Lipinski definition) is 3. The highest BCUT2D eigenvalue weighted by Crippen LogP contribution is 2.25. The van der Waals surface area contributed by atoms with Gasteiger partial charge in [-0.1, -0.05) is 11.6 Å². The molecule has 1 aromatic carbocycles. The lowest BCUT2D eigenvalue weighted by Gasteiger charge is -2.05. The minimum absolute atomic E-state index is 0.234. The molecule has 2 aromatic heterocycles. The topological polar surface area (TPSA) is 83.8 Å². The summed E-state index contributed by atoms with van der Waals surface area (Å²) in [6.45, 7) is 0. The van der Waals surface area contributed by atoms with Crippen LogP contribution < -0.4 is 11.1 Å². The van der Waals surface area contributed by atoms with Crippen molar-refractivity contribution >= 4 is 55.7 Å². The molecule has 0 saturated carbocycles. The number of nitrogens with one attached hydrogen (secondary N) is 2. The summed E-state index contributed by atoms with van der Waals surface area (Å²) in [5.74, 6) is -0.234. The number of amides is 1. The van der Waals surface area contributed by atoms with Crippen LogP contribution in [0.15, 0.2) is 41.1 Å². The van der Waals surface area contributed by atoms with Crippen molar-refractivity contribution in [3.63, 3.8) is 0 Å². The standard InChI is InChI=1S/C14H10BrClN4O/c15-11-4-8(5-19-13(11)16)20-14(21)10-6-18-12-3-7(17)1-2-9(10)12/h1-6,18H,17H2,(H,20,21). The van der Waals surface area contributed by atoms with E-state index in [1.54, 1.807) is 24.4 Å². The predicted octanol–water partition coefficient (Wildman–Crippen LogP) is 3.81. The largest absolute Gasteiger partial charge is 0.399 e. The highest BCUT2D eigenvalue weighted by molar-refractivity contribution is 9.10. The van der Waals surface area contributed by atoms with E-state index >= 15 is 0 Å². The number of nitrogens with zero attached hydrogens (tertiary/aromatic N) is 1. The third kappa shape index (κ3) is 2.72. The van der Waals surface area contributed by atoms with E-state index in [4.69, 9.17) is 17.3 Å². The van der Waals surface area contributed by atoms with Gasteiger partial charge in [-0.25, -0.2) is 4.98 Å². The molecule has 7 heteroatoms. The number of halogens is 2. The van der Waals surface area contributed by atoms with Crippen LogP contribution in [0, 0.1) is 0 Å². The number of fused-ring (bicyclic) bond motifs is 1. The molecule has 3 rings (SSSR count). The van der Waals surface area contributed by atoms with Gasteiger partial charge in [0.15, 0.2) is 0 Å². The van der Waals surface area contributed by atoms with Gasteiger partial charge < -0.3 is 16.0 Å². The van der Waals surface area contributed by atoms with E-state index < -0.39 is 0 Å². The number of carbonyl (C=O) groups excluding carboxylic acids is 1. The minimum atomic E-state index is -0.234. The Bertz CT molecular complexity index is 846. The van der Waals surface area contributed by atoms with Crippen molar-refractivity contribution in [1.82, 2.24) is 9.97 Å². The molecule has 0 aliphatic heterocycles. The monoisotopic (exact) mass is 364 g/mol. The summed E-state index contributed by atoms with van der Waals surface area (Å²) in [5, 5.41) is 3.93. The molecule has 0 aliphatic rings. The van der Waals surface area contributed by atoms with Crippen LogP contribution in [0.1, 0.15) is 10.4 Å². The van der Waals surface area contributed by atoms with Crippen LogP contribution >= 0.6 is 27.5 Å². The van der Waals surface area contributed by atoms with Gasteiger partial charge in [0, 0.05) is 22.8 Å². The molecule has 2 heterocycles. The molecular weight excluding hydrogens is 356 g/mol. The molecule has 0 atom stereocenters. The van der Waals surface area contributed by atoms with Crippen molar-refractivity contribution in [1.29, 1.82) is 0 Å². The van der Waals surface area contributed by atoms with Gasteiger partial charge in [-0.05, 0) is 40.2 Å². The maximum Gasteiger partial charge on any atom is 0.257 e. The molecule has 21 heavy (non-hydrogen) atoms. The Balaban J connectivity index is 1.91. The summed E-state index contributed by atoms with van der Waals surface area (Å²) in [4.78, 5) is 19.3. The van der Waals surface area contributed by atoms with E-state index in [2.05, 4.69) is 31.2 Å². The lowest BCUT2D eigenvalue weighted by molar-refractivity contribution is 0.102. The Hall–Kier alpha value is -2.05. The lowest BCUT2D eigenvalue weighted by Crippen LogP contribution is -2.11. The molecule has 0 saturated heterocycles. The van der Waals surface area contributed by atoms with Crippen LogP contribution in [0.25, 0.3) is 10.9 Å². The SMILES string of the molecule is Nc1ccc2c(C(=O)Nc3cnc(Cl)c(Br)c3)c[nH]c2c1. The first-order valence-electron chi connectivity index (χ1n) is 6.03. The van der Waals surface area contributed by atoms with Gasteiger partial charge >= 0.3 is 0 Å². The van der Waals surface area contributed by atoms with Crippen molar-refractivity contribution in [3.05, 3.63) is 51.8 Å². The molecule has 0 unspecified atom stereocenters. The van der Waals surface area contributed by atoms with E-state index in [1.165, 1.54) is 6.20 Å². The maximum absolute atomic E-state index is 12.3. The summed E-state index contributed by atoms with van der Waals surface area (Å²) in [7, 11) is 0. The van der Waals surface area contributed by atoms with E-state index in [9.17, 15) is 4.79 Å². The quantitative estimate of drug-likeness (QED) is 0.477. The Kier molecular flexibility index (Phi) is 3.57. The van der Waals surface area contributed by atoms with Crippen LogP contribution in [0.4, 0.5) is 11.4 Å². The first-order valence-corrected chi connectivity index (χ1v) is 7.20. The Morgan fingerprint density at radius 3 is 2.95 bits per heavy atom. The van der Waals surface area contributed by atoms with Crippen LogP contribution in [-0.2, 0) is 0 Å². The minimum Gasteiger partial charge on any atom is -0.399 e. The highest BCUT2D eigenvalue weighted by atomic mass is 79.9. The number of carbonyl (C=O) groups is 1. The van der Waals surface area contributed by atoms with Crippen molar-refractivity contribution < 1.29 is 4.79 Å². The third-order valence-corrected chi connectivity index (χ3v) is 4.14. The van der Waals surface area contributed by atoms with Crippen LogP contribution in [0.5, 0.6) is 0 Å². The van der Waals surface area contributed by atoms with Gasteiger partial charge in [0.2, 0.25) is 0 Å². The number of anilines is 2. The number of nitrogens with two attached hydrogens (primary N) is 1. The Morgan fingerprint density at radius 1 is 1.38 bits per heavy atom. The number of aromatic amines is 1. The van der Waals surface area contributed by atoms with E-state index in [0.29, 0.717) is 26.6 Å². The number of H-pyrrole nitrogens is 1. The smallest absolute Gasteiger partial charge is 0.257 e. The first-order chi connectivity index (χ1) is 10.0. The molecule has 3 aromatic rings. The number of pyridine rings is 1. The molecule has 0 fully saturated rings. The molecule has 0 radical (unpaired) electrons. The molecule has 0 bridgehead atoms. The third-order valence-electron chi connectivity index (χ3n) is 3.00. The zero-order chi connectivity index (χ0) is 15.0. The summed E-state index contributed by atoms with van der Waals surface area (Å²) < 4.78 is 0.619. The summed E-state index contributed by atoms with van der Waals surface area (Å²) in [5.41, 5.74) is 8.27. The normalized spacial score (nSPS) is 10.8. The number of benzene rings is 1. The molecule has 4 N–H and O–H groups in total. The Morgan fingerprint density at radius 2 is 2.19 bits per heavy atom. The predicted molar refractivity (Wildman–Crippen MR) is 87.6 cm³/mol. The highest BCUT2D eigenvalue weighted by Gasteiger charge is 2.13. The van der Waals surface area contributed by atoms with Gasteiger partial charge in [-0.2, -0.15) is 0 Å². The fraction of sp³-hybridized carbons (Fsp3) is 0. The van der Waals surface area contributed by atoms with Crippen molar-refractivity contribution in [2.45, 2.75) is 0 Å². The van der Waals surface area contributed by atoms with Crippen molar-refractivity contribution in [2.24, 2.45) is 0 Å². The van der Waals surface area contributed by atoms with E-state index in [0.717, 1.165) is 10.9 Å². The summed E-state index contributed by atoms with van der Waals surface area (Å²) in [6.07, 6.45) is 3.15. The zero-order valence-corrected chi connectivity index (χ0v) is 13.0. The molecule has 0 spiro atoms. The van der Waals surface area contributed by atoms with Crippen molar-refractivity contribution in [2.75, 3.05) is 11.1 Å². The molecular formula is C14H10BrClN4O. The van der Waals surface area contributed by atoms with Crippen LogP contribution in [-0.4, -0.2) is 15.9 Å². The van der Waals surface area contributed by atoms with Gasteiger partial charge in [0.25, 0.3) is 5.91 Å². The Labute approximate surface area is 133 Å². The number of nitrogen functional groups attached to an aromatic ring is 1. The average molecular weight is 366 g/mol. The fourth-order valence-corrected chi connectivity index (χ4v) is 2.47. The second-order valence-corrected chi connectivity index (χ2v) is 5.67. The van der Waals surface area contributed by atoms with Crippen molar-refractivity contribution in [3.8, 4) is 0 Å². The van der Waals surface area contributed by atoms with Crippen LogP contribution in [0.2, 0.25) is 5.15 Å². The molecule has 5 nitrogen and oxygen atoms in total. The zero-order valence-electron chi connectivity index (χ0n) is 10.7. The lowest BCUT2D eigenvalue weighted by atomic mass is 10.1. The number of rotatable bonds is 2. The number of hydrogen-bond acceptors (Lipinski definition) is 3. The van der Waals surface area contributed by atoms with Gasteiger partial charge in [-0.15, -0.1) is 0 Å². The van der Waals surface area contributed by atoms with Gasteiger partial charge in [0.05, 0.1) is 21.9 Å². The maximum atomic E-state index is 12.3. The summed E-state index contributed by atoms with van der Waals surface area (Å²) in [6, 6.07) is 7.05. The summed E-state index contributed by atoms with van der Waals surface area (Å²) >= 11 is 9.09. The number of aromatic nitrogens is 2.